The minimum Gasteiger partial charge on any atom is -0.457 e. The molecular formula is C31H36O7. The number of allylic oxidation sites excluding steroid dienone is 4. The van der Waals surface area contributed by atoms with E-state index in [-0.39, 0.29) is 36.4 Å². The van der Waals surface area contributed by atoms with E-state index in [1.54, 1.807) is 12.2 Å². The van der Waals surface area contributed by atoms with Crippen LogP contribution in [0, 0.1) is 28.6 Å². The Kier molecular flexibility index (Phi) is 6.70. The first-order valence-corrected chi connectivity index (χ1v) is 13.5. The van der Waals surface area contributed by atoms with E-state index < -0.39 is 46.9 Å². The first kappa shape index (κ1) is 26.5. The summed E-state index contributed by atoms with van der Waals surface area (Å²) in [5.74, 6) is -1.52. The van der Waals surface area contributed by atoms with Crippen molar-refractivity contribution < 1.29 is 33.8 Å². The van der Waals surface area contributed by atoms with Crippen LogP contribution in [0.5, 0.6) is 0 Å². The number of aliphatic hydroxyl groups is 1. The van der Waals surface area contributed by atoms with Crippen LogP contribution < -0.4 is 0 Å². The van der Waals surface area contributed by atoms with Gasteiger partial charge in [0.2, 0.25) is 5.78 Å². The highest BCUT2D eigenvalue weighted by molar-refractivity contribution is 6.01. The van der Waals surface area contributed by atoms with Crippen molar-refractivity contribution in [2.24, 2.45) is 28.6 Å². The predicted octanol–water partition coefficient (Wildman–Crippen LogP) is 3.92. The Morgan fingerprint density at radius 2 is 1.84 bits per heavy atom. The lowest BCUT2D eigenvalue weighted by Crippen LogP contribution is -2.63. The molecule has 3 saturated carbocycles. The summed E-state index contributed by atoms with van der Waals surface area (Å²) < 4.78 is 11.3. The van der Waals surface area contributed by atoms with Crippen molar-refractivity contribution in [1.29, 1.82) is 0 Å². The average molecular weight is 521 g/mol. The lowest BCUT2D eigenvalue weighted by Gasteiger charge is -2.59. The van der Waals surface area contributed by atoms with Crippen molar-refractivity contribution in [2.75, 3.05) is 6.61 Å². The van der Waals surface area contributed by atoms with E-state index in [0.717, 1.165) is 24.0 Å². The van der Waals surface area contributed by atoms with Crippen LogP contribution in [0.4, 0.5) is 0 Å². The number of fused-ring (bicyclic) bond motifs is 5. The van der Waals surface area contributed by atoms with Crippen molar-refractivity contribution in [3.05, 3.63) is 59.7 Å². The highest BCUT2D eigenvalue weighted by Gasteiger charge is 2.70. The fraction of sp³-hybridized carbons (Fsp3) is 0.548. The van der Waals surface area contributed by atoms with Gasteiger partial charge in [-0.15, -0.1) is 0 Å². The standard InChI is InChI=1S/C31H36O7/c1-19(32)38-31(26(35)18-37-27(36)15-20-7-5-4-6-8-20)14-12-24-23-10-9-21-16-22(33)11-13-29(21,2)28(23)25(34)17-30(24,31)3/h4-8,11,13,16,23-25,28,34H,9-10,12,14-15,17-18H2,1-3H3/t23-,24-,25-,28+,29-,30-,31+/m0/s1. The lowest BCUT2D eigenvalue weighted by atomic mass is 9.46. The van der Waals surface area contributed by atoms with Gasteiger partial charge in [-0.3, -0.25) is 19.2 Å². The molecule has 7 atom stereocenters. The fourth-order valence-electron chi connectivity index (χ4n) is 8.32. The maximum Gasteiger partial charge on any atom is 0.310 e. The van der Waals surface area contributed by atoms with Gasteiger partial charge < -0.3 is 14.6 Å². The molecule has 38 heavy (non-hydrogen) atoms. The first-order chi connectivity index (χ1) is 18.0. The number of hydrogen-bond donors (Lipinski definition) is 1. The minimum absolute atomic E-state index is 0.0202. The van der Waals surface area contributed by atoms with Gasteiger partial charge >= 0.3 is 11.9 Å². The van der Waals surface area contributed by atoms with Crippen molar-refractivity contribution >= 4 is 23.5 Å². The van der Waals surface area contributed by atoms with Crippen LogP contribution in [-0.2, 0) is 35.1 Å². The summed E-state index contributed by atoms with van der Waals surface area (Å²) in [6.45, 7) is 4.85. The zero-order valence-electron chi connectivity index (χ0n) is 22.3. The summed E-state index contributed by atoms with van der Waals surface area (Å²) in [7, 11) is 0. The molecule has 4 aliphatic carbocycles. The summed E-state index contributed by atoms with van der Waals surface area (Å²) in [5.41, 5.74) is -0.876. The largest absolute Gasteiger partial charge is 0.457 e. The summed E-state index contributed by atoms with van der Waals surface area (Å²) >= 11 is 0. The molecule has 0 amide bonds. The van der Waals surface area contributed by atoms with Crippen molar-refractivity contribution in [2.45, 2.75) is 71.0 Å². The van der Waals surface area contributed by atoms with Gasteiger partial charge in [0.1, 0.15) is 0 Å². The molecule has 3 fully saturated rings. The average Bonchev–Trinajstić information content (AvgIpc) is 3.15. The Bertz CT molecular complexity index is 1220. The van der Waals surface area contributed by atoms with E-state index in [4.69, 9.17) is 9.47 Å². The molecule has 0 aromatic heterocycles. The van der Waals surface area contributed by atoms with Gasteiger partial charge in [-0.05, 0) is 61.7 Å². The van der Waals surface area contributed by atoms with E-state index in [1.807, 2.05) is 43.3 Å². The molecule has 0 spiro atoms. The molecule has 0 unspecified atom stereocenters. The zero-order chi connectivity index (χ0) is 27.3. The Morgan fingerprint density at radius 1 is 1.11 bits per heavy atom. The summed E-state index contributed by atoms with van der Waals surface area (Å²) in [4.78, 5) is 50.7. The van der Waals surface area contributed by atoms with Crippen LogP contribution >= 0.6 is 0 Å². The van der Waals surface area contributed by atoms with Gasteiger partial charge in [-0.1, -0.05) is 55.8 Å². The number of aliphatic hydroxyl groups excluding tert-OH is 1. The number of ketones is 2. The number of benzene rings is 1. The molecule has 4 aliphatic rings. The summed E-state index contributed by atoms with van der Waals surface area (Å²) in [5, 5.41) is 11.6. The first-order valence-electron chi connectivity index (χ1n) is 13.5. The lowest BCUT2D eigenvalue weighted by molar-refractivity contribution is -0.199. The summed E-state index contributed by atoms with van der Waals surface area (Å²) in [6.07, 6.45) is 7.35. The van der Waals surface area contributed by atoms with Gasteiger partial charge in [0.25, 0.3) is 0 Å². The molecule has 1 N–H and O–H groups in total. The summed E-state index contributed by atoms with van der Waals surface area (Å²) in [6, 6.07) is 9.14. The third-order valence-corrected chi connectivity index (χ3v) is 9.94. The predicted molar refractivity (Wildman–Crippen MR) is 139 cm³/mol. The van der Waals surface area contributed by atoms with Crippen molar-refractivity contribution in [3.8, 4) is 0 Å². The fourth-order valence-corrected chi connectivity index (χ4v) is 8.32. The van der Waals surface area contributed by atoms with Crippen molar-refractivity contribution in [1.82, 2.24) is 0 Å². The van der Waals surface area contributed by atoms with Crippen LogP contribution in [0.1, 0.15) is 58.4 Å². The maximum absolute atomic E-state index is 13.8. The van der Waals surface area contributed by atoms with Crippen LogP contribution in [0.3, 0.4) is 0 Å². The van der Waals surface area contributed by atoms with Gasteiger partial charge in [0, 0.05) is 23.7 Å². The van der Waals surface area contributed by atoms with E-state index in [2.05, 4.69) is 6.92 Å². The minimum atomic E-state index is -1.47. The molecule has 0 aliphatic heterocycles. The van der Waals surface area contributed by atoms with Gasteiger partial charge in [-0.2, -0.15) is 0 Å². The van der Waals surface area contributed by atoms with E-state index in [0.29, 0.717) is 12.8 Å². The molecule has 1 aromatic rings. The molecule has 0 heterocycles. The number of carbonyl (C=O) groups is 4. The van der Waals surface area contributed by atoms with E-state index in [9.17, 15) is 24.3 Å². The second-order valence-electron chi connectivity index (χ2n) is 11.9. The van der Waals surface area contributed by atoms with Crippen LogP contribution in [-0.4, -0.2) is 46.9 Å². The molecule has 0 saturated heterocycles. The molecule has 7 nitrogen and oxygen atoms in total. The Hall–Kier alpha value is -3.06. The molecule has 202 valence electrons. The Morgan fingerprint density at radius 3 is 2.55 bits per heavy atom. The Labute approximate surface area is 223 Å². The maximum atomic E-state index is 13.8. The SMILES string of the molecule is CC(=O)O[C@@]1(C(=O)COC(=O)Cc2ccccc2)CC[C@H]2[C@@H]3CCC4=CC(=O)C=C[C@]4(C)[C@H]3[C@@H](O)C[C@@]21C. The topological polar surface area (TPSA) is 107 Å². The van der Waals surface area contributed by atoms with Gasteiger partial charge in [0.05, 0.1) is 12.5 Å². The van der Waals surface area contributed by atoms with Crippen molar-refractivity contribution in [3.63, 3.8) is 0 Å². The highest BCUT2D eigenvalue weighted by Crippen LogP contribution is 2.67. The number of esters is 2. The normalized spacial score (nSPS) is 37.4. The molecule has 0 radical (unpaired) electrons. The van der Waals surface area contributed by atoms with Gasteiger partial charge in [0.15, 0.2) is 18.0 Å². The van der Waals surface area contributed by atoms with E-state index >= 15 is 0 Å². The molecule has 1 aromatic carbocycles. The number of ether oxygens (including phenoxy) is 2. The number of carbonyl (C=O) groups excluding carboxylic acids is 4. The quantitative estimate of drug-likeness (QED) is 0.567. The number of hydrogen-bond acceptors (Lipinski definition) is 7. The van der Waals surface area contributed by atoms with E-state index in [1.165, 1.54) is 6.92 Å². The Balaban J connectivity index is 1.40. The molecule has 5 rings (SSSR count). The second-order valence-corrected chi connectivity index (χ2v) is 11.9. The zero-order valence-corrected chi connectivity index (χ0v) is 22.3. The van der Waals surface area contributed by atoms with Gasteiger partial charge in [-0.25, -0.2) is 0 Å². The molecular weight excluding hydrogens is 484 g/mol. The second kappa shape index (κ2) is 9.60. The molecule has 7 heteroatoms. The third kappa shape index (κ3) is 4.15. The molecule has 0 bridgehead atoms. The van der Waals surface area contributed by atoms with Crippen LogP contribution in [0.2, 0.25) is 0 Å². The number of Topliss-reactive ketones (excluding diaryl/α,β-unsaturated/α-hetero) is 1. The van der Waals surface area contributed by atoms with Crippen LogP contribution in [0.25, 0.3) is 0 Å². The number of rotatable bonds is 6. The third-order valence-electron chi connectivity index (χ3n) is 9.94. The highest BCUT2D eigenvalue weighted by atomic mass is 16.6. The smallest absolute Gasteiger partial charge is 0.310 e. The van der Waals surface area contributed by atoms with Crippen LogP contribution in [0.15, 0.2) is 54.1 Å². The monoisotopic (exact) mass is 520 g/mol.